The molecule has 1 spiro atoms. The molecule has 3 rings (SSSR count). The molecule has 0 aromatic heterocycles. The molecule has 3 unspecified atom stereocenters. The molecule has 1 N–H and O–H groups in total. The van der Waals surface area contributed by atoms with Crippen LogP contribution in [0.4, 0.5) is 0 Å². The molecule has 3 nitrogen and oxygen atoms in total. The van der Waals surface area contributed by atoms with Gasteiger partial charge < -0.3 is 14.8 Å². The molecule has 1 aliphatic heterocycles. The third-order valence-electron chi connectivity index (χ3n) is 5.05. The van der Waals surface area contributed by atoms with E-state index in [1.807, 2.05) is 0 Å². The zero-order valence-electron chi connectivity index (χ0n) is 10.9. The monoisotopic (exact) mass is 239 g/mol. The van der Waals surface area contributed by atoms with Crippen LogP contribution in [0.15, 0.2) is 0 Å². The first kappa shape index (κ1) is 11.9. The van der Waals surface area contributed by atoms with Gasteiger partial charge in [0.25, 0.3) is 0 Å². The molecule has 1 saturated heterocycles. The summed E-state index contributed by atoms with van der Waals surface area (Å²) in [4.78, 5) is 0. The van der Waals surface area contributed by atoms with Crippen molar-refractivity contribution in [1.82, 2.24) is 5.32 Å². The first-order valence-corrected chi connectivity index (χ1v) is 7.30. The van der Waals surface area contributed by atoms with E-state index >= 15 is 0 Å². The molecule has 2 saturated carbocycles. The molecule has 0 aromatic rings. The normalized spacial score (nSPS) is 39.7. The summed E-state index contributed by atoms with van der Waals surface area (Å²) in [5.41, 5.74) is 0.471. The summed E-state index contributed by atoms with van der Waals surface area (Å²) in [5.74, 6) is 0. The summed E-state index contributed by atoms with van der Waals surface area (Å²) in [7, 11) is 0. The standard InChI is InChI=1S/C14H25NO2/c1-2-17-13-9-12(14(13)6-3-4-7-14)15-11-5-8-16-10-11/h11-13,15H,2-10H2,1H3. The molecule has 3 aliphatic rings. The average molecular weight is 239 g/mol. The van der Waals surface area contributed by atoms with Crippen molar-refractivity contribution in [2.75, 3.05) is 19.8 Å². The van der Waals surface area contributed by atoms with Crippen molar-refractivity contribution < 1.29 is 9.47 Å². The number of hydrogen-bond acceptors (Lipinski definition) is 3. The second-order valence-electron chi connectivity index (χ2n) is 5.90. The summed E-state index contributed by atoms with van der Waals surface area (Å²) in [6.45, 7) is 4.83. The Morgan fingerprint density at radius 1 is 1.35 bits per heavy atom. The van der Waals surface area contributed by atoms with Crippen molar-refractivity contribution in [3.63, 3.8) is 0 Å². The summed E-state index contributed by atoms with van der Waals surface area (Å²) >= 11 is 0. The Morgan fingerprint density at radius 2 is 2.18 bits per heavy atom. The molecule has 3 atom stereocenters. The minimum absolute atomic E-state index is 0.471. The molecular weight excluding hydrogens is 214 g/mol. The number of nitrogens with one attached hydrogen (secondary N) is 1. The minimum atomic E-state index is 0.471. The third-order valence-corrected chi connectivity index (χ3v) is 5.05. The van der Waals surface area contributed by atoms with Gasteiger partial charge in [-0.1, -0.05) is 12.8 Å². The van der Waals surface area contributed by atoms with Crippen LogP contribution in [0.5, 0.6) is 0 Å². The van der Waals surface area contributed by atoms with E-state index in [1.165, 1.54) is 38.5 Å². The van der Waals surface area contributed by atoms with Crippen molar-refractivity contribution in [3.8, 4) is 0 Å². The topological polar surface area (TPSA) is 30.5 Å². The van der Waals surface area contributed by atoms with E-state index in [4.69, 9.17) is 9.47 Å². The van der Waals surface area contributed by atoms with Crippen molar-refractivity contribution in [1.29, 1.82) is 0 Å². The molecule has 0 amide bonds. The highest BCUT2D eigenvalue weighted by atomic mass is 16.5. The van der Waals surface area contributed by atoms with Crippen LogP contribution in [0.25, 0.3) is 0 Å². The fraction of sp³-hybridized carbons (Fsp3) is 1.00. The molecule has 3 fully saturated rings. The van der Waals surface area contributed by atoms with Gasteiger partial charge >= 0.3 is 0 Å². The third kappa shape index (κ3) is 2.02. The van der Waals surface area contributed by atoms with Crippen LogP contribution in [0, 0.1) is 5.41 Å². The largest absolute Gasteiger partial charge is 0.380 e. The Kier molecular flexibility index (Phi) is 3.42. The van der Waals surface area contributed by atoms with Crippen LogP contribution < -0.4 is 5.32 Å². The van der Waals surface area contributed by atoms with Gasteiger partial charge in [0.1, 0.15) is 0 Å². The maximum Gasteiger partial charge on any atom is 0.0661 e. The first-order chi connectivity index (χ1) is 8.35. The molecule has 3 heteroatoms. The van der Waals surface area contributed by atoms with Gasteiger partial charge in [0.15, 0.2) is 0 Å². The van der Waals surface area contributed by atoms with Gasteiger partial charge in [0.2, 0.25) is 0 Å². The molecule has 0 bridgehead atoms. The van der Waals surface area contributed by atoms with Crippen LogP contribution in [0.3, 0.4) is 0 Å². The van der Waals surface area contributed by atoms with Gasteiger partial charge in [-0.25, -0.2) is 0 Å². The van der Waals surface area contributed by atoms with Gasteiger partial charge in [0, 0.05) is 30.7 Å². The fourth-order valence-corrected chi connectivity index (χ4v) is 4.07. The van der Waals surface area contributed by atoms with Gasteiger partial charge in [-0.15, -0.1) is 0 Å². The van der Waals surface area contributed by atoms with Crippen molar-refractivity contribution in [2.45, 2.75) is 63.6 Å². The summed E-state index contributed by atoms with van der Waals surface area (Å²) < 4.78 is 11.4. The smallest absolute Gasteiger partial charge is 0.0661 e. The van der Waals surface area contributed by atoms with Gasteiger partial charge in [-0.05, 0) is 32.6 Å². The second-order valence-corrected chi connectivity index (χ2v) is 5.90. The van der Waals surface area contributed by atoms with E-state index in [9.17, 15) is 0 Å². The van der Waals surface area contributed by atoms with Crippen LogP contribution in [0.2, 0.25) is 0 Å². The first-order valence-electron chi connectivity index (χ1n) is 7.30. The fourth-order valence-electron chi connectivity index (χ4n) is 4.07. The Balaban J connectivity index is 1.61. The van der Waals surface area contributed by atoms with E-state index in [0.717, 1.165) is 19.8 Å². The lowest BCUT2D eigenvalue weighted by molar-refractivity contribution is -0.132. The minimum Gasteiger partial charge on any atom is -0.380 e. The lowest BCUT2D eigenvalue weighted by atomic mass is 9.60. The molecule has 17 heavy (non-hydrogen) atoms. The zero-order chi connectivity index (χ0) is 11.7. The molecule has 2 aliphatic carbocycles. The summed E-state index contributed by atoms with van der Waals surface area (Å²) in [5, 5.41) is 3.83. The van der Waals surface area contributed by atoms with Crippen molar-refractivity contribution >= 4 is 0 Å². The predicted molar refractivity (Wildman–Crippen MR) is 67.1 cm³/mol. The Bertz CT molecular complexity index is 257. The van der Waals surface area contributed by atoms with Gasteiger partial charge in [0.05, 0.1) is 12.7 Å². The zero-order valence-corrected chi connectivity index (χ0v) is 10.9. The maximum atomic E-state index is 5.94. The molecular formula is C14H25NO2. The van der Waals surface area contributed by atoms with Gasteiger partial charge in [-0.2, -0.15) is 0 Å². The molecule has 98 valence electrons. The predicted octanol–water partition coefficient (Wildman–Crippen LogP) is 2.10. The quantitative estimate of drug-likeness (QED) is 0.815. The van der Waals surface area contributed by atoms with E-state index in [2.05, 4.69) is 12.2 Å². The number of ether oxygens (including phenoxy) is 2. The maximum absolute atomic E-state index is 5.94. The van der Waals surface area contributed by atoms with E-state index < -0.39 is 0 Å². The van der Waals surface area contributed by atoms with Crippen LogP contribution >= 0.6 is 0 Å². The Morgan fingerprint density at radius 3 is 2.82 bits per heavy atom. The van der Waals surface area contributed by atoms with E-state index in [0.29, 0.717) is 23.6 Å². The lowest BCUT2D eigenvalue weighted by Crippen LogP contribution is -2.64. The van der Waals surface area contributed by atoms with Gasteiger partial charge in [-0.3, -0.25) is 0 Å². The van der Waals surface area contributed by atoms with E-state index in [-0.39, 0.29) is 0 Å². The van der Waals surface area contributed by atoms with Crippen LogP contribution in [-0.4, -0.2) is 38.0 Å². The molecule has 1 heterocycles. The van der Waals surface area contributed by atoms with E-state index in [1.54, 1.807) is 0 Å². The van der Waals surface area contributed by atoms with Crippen molar-refractivity contribution in [3.05, 3.63) is 0 Å². The second kappa shape index (κ2) is 4.87. The highest BCUT2D eigenvalue weighted by Gasteiger charge is 2.56. The Labute approximate surface area is 104 Å². The summed E-state index contributed by atoms with van der Waals surface area (Å²) in [6, 6.07) is 1.29. The molecule has 0 radical (unpaired) electrons. The summed E-state index contributed by atoms with van der Waals surface area (Å²) in [6.07, 6.45) is 8.43. The van der Waals surface area contributed by atoms with Crippen LogP contribution in [0.1, 0.15) is 45.4 Å². The average Bonchev–Trinajstić information content (AvgIpc) is 3.00. The number of rotatable bonds is 4. The highest BCUT2D eigenvalue weighted by Crippen LogP contribution is 2.54. The SMILES string of the molecule is CCOC1CC(NC2CCOC2)C12CCCC2. The number of hydrogen-bond donors (Lipinski definition) is 1. The van der Waals surface area contributed by atoms with Crippen molar-refractivity contribution in [2.24, 2.45) is 5.41 Å². The Hall–Kier alpha value is -0.120. The molecule has 0 aromatic carbocycles. The van der Waals surface area contributed by atoms with Crippen LogP contribution in [-0.2, 0) is 9.47 Å². The lowest BCUT2D eigenvalue weighted by Gasteiger charge is -2.55. The highest BCUT2D eigenvalue weighted by molar-refractivity contribution is 5.10.